The van der Waals surface area contributed by atoms with Crippen molar-refractivity contribution in [2.24, 2.45) is 0 Å². The topological polar surface area (TPSA) is 99.8 Å². The summed E-state index contributed by atoms with van der Waals surface area (Å²) in [6.07, 6.45) is 1.66. The predicted molar refractivity (Wildman–Crippen MR) is 79.7 cm³/mol. The minimum Gasteiger partial charge on any atom is -0.506 e. The van der Waals surface area contributed by atoms with Crippen molar-refractivity contribution in [3.63, 3.8) is 0 Å². The summed E-state index contributed by atoms with van der Waals surface area (Å²) in [5.41, 5.74) is 6.88. The highest BCUT2D eigenvalue weighted by molar-refractivity contribution is 7.22. The van der Waals surface area contributed by atoms with Crippen molar-refractivity contribution in [1.29, 1.82) is 0 Å². The molecule has 0 aliphatic heterocycles. The maximum atomic E-state index is 9.86. The van der Waals surface area contributed by atoms with Crippen LogP contribution in [0, 0.1) is 11.8 Å². The summed E-state index contributed by atoms with van der Waals surface area (Å²) in [4.78, 5) is 4.06. The molecule has 5 N–H and O–H groups in total. The van der Waals surface area contributed by atoms with E-state index in [-0.39, 0.29) is 5.75 Å². The van der Waals surface area contributed by atoms with E-state index in [1.54, 1.807) is 12.3 Å². The maximum absolute atomic E-state index is 9.86. The molecule has 0 atom stereocenters. The van der Waals surface area contributed by atoms with Crippen LogP contribution < -0.4 is 11.1 Å². The molecule has 3 aromatic rings. The average molecular weight is 285 g/mol. The van der Waals surface area contributed by atoms with Gasteiger partial charge in [-0.05, 0) is 18.2 Å². The molecule has 0 saturated heterocycles. The second kappa shape index (κ2) is 5.11. The van der Waals surface area contributed by atoms with Gasteiger partial charge in [0.2, 0.25) is 0 Å². The minimum atomic E-state index is 0.0984. The third kappa shape index (κ3) is 2.50. The Labute approximate surface area is 118 Å². The number of phenols is 1. The molecule has 0 spiro atoms. The van der Waals surface area contributed by atoms with Gasteiger partial charge in [0.05, 0.1) is 17.4 Å². The van der Waals surface area contributed by atoms with E-state index in [1.165, 1.54) is 11.3 Å². The number of aromatic hydroxyl groups is 1. The number of phenolic OH excluding ortho intramolecular Hbond substituents is 1. The molecule has 20 heavy (non-hydrogen) atoms. The number of fused-ring (bicyclic) bond motifs is 1. The van der Waals surface area contributed by atoms with Gasteiger partial charge in [-0.15, -0.1) is 0 Å². The van der Waals surface area contributed by atoms with E-state index in [9.17, 15) is 5.11 Å². The number of nitrogen functional groups attached to an aromatic ring is 1. The quantitative estimate of drug-likeness (QED) is 0.538. The van der Waals surface area contributed by atoms with Gasteiger partial charge >= 0.3 is 0 Å². The van der Waals surface area contributed by atoms with Crippen LogP contribution in [-0.4, -0.2) is 26.8 Å². The summed E-state index contributed by atoms with van der Waals surface area (Å²) in [6.45, 7) is 0.478. The van der Waals surface area contributed by atoms with Crippen LogP contribution in [0.15, 0.2) is 24.4 Å². The van der Waals surface area contributed by atoms with Crippen molar-refractivity contribution >= 4 is 32.5 Å². The zero-order valence-electron chi connectivity index (χ0n) is 10.3. The SMILES string of the molecule is Nc1nc2c(O)cc(C#CCNc3ccn[nH]3)cc2s1. The summed E-state index contributed by atoms with van der Waals surface area (Å²) in [5, 5.41) is 20.0. The van der Waals surface area contributed by atoms with Gasteiger partial charge in [0.1, 0.15) is 17.1 Å². The molecular weight excluding hydrogens is 274 g/mol. The van der Waals surface area contributed by atoms with Crippen molar-refractivity contribution in [3.8, 4) is 17.6 Å². The molecular formula is C13H11N5OS. The van der Waals surface area contributed by atoms with Crippen LogP contribution in [0.1, 0.15) is 5.56 Å². The second-order valence-corrected chi connectivity index (χ2v) is 5.08. The predicted octanol–water partition coefficient (Wildman–Crippen LogP) is 1.77. The number of benzene rings is 1. The number of anilines is 2. The number of aromatic nitrogens is 3. The number of H-pyrrole nitrogens is 1. The first-order valence-corrected chi connectivity index (χ1v) is 6.65. The molecule has 2 aromatic heterocycles. The highest BCUT2D eigenvalue weighted by Gasteiger charge is 2.07. The zero-order valence-corrected chi connectivity index (χ0v) is 11.2. The molecule has 0 aliphatic carbocycles. The van der Waals surface area contributed by atoms with E-state index in [2.05, 4.69) is 32.3 Å². The summed E-state index contributed by atoms with van der Waals surface area (Å²) in [5.74, 6) is 6.86. The van der Waals surface area contributed by atoms with E-state index < -0.39 is 0 Å². The lowest BCUT2D eigenvalue weighted by atomic mass is 10.2. The van der Waals surface area contributed by atoms with Gasteiger partial charge in [0.25, 0.3) is 0 Å². The molecule has 0 saturated carbocycles. The molecule has 0 radical (unpaired) electrons. The van der Waals surface area contributed by atoms with Crippen LogP contribution >= 0.6 is 11.3 Å². The first-order valence-electron chi connectivity index (χ1n) is 5.83. The van der Waals surface area contributed by atoms with Crippen LogP contribution in [-0.2, 0) is 0 Å². The Morgan fingerprint density at radius 3 is 3.15 bits per heavy atom. The maximum Gasteiger partial charge on any atom is 0.181 e. The fourth-order valence-corrected chi connectivity index (χ4v) is 2.54. The Balaban J connectivity index is 1.77. The van der Waals surface area contributed by atoms with E-state index in [1.807, 2.05) is 12.1 Å². The average Bonchev–Trinajstić information content (AvgIpc) is 3.03. The fraction of sp³-hybridized carbons (Fsp3) is 0.0769. The van der Waals surface area contributed by atoms with Gasteiger partial charge in [0.15, 0.2) is 5.13 Å². The van der Waals surface area contributed by atoms with Crippen molar-refractivity contribution in [3.05, 3.63) is 30.0 Å². The van der Waals surface area contributed by atoms with E-state index in [4.69, 9.17) is 5.73 Å². The van der Waals surface area contributed by atoms with Crippen LogP contribution in [0.3, 0.4) is 0 Å². The molecule has 0 bridgehead atoms. The third-order valence-electron chi connectivity index (χ3n) is 2.59. The van der Waals surface area contributed by atoms with Gasteiger partial charge < -0.3 is 16.2 Å². The summed E-state index contributed by atoms with van der Waals surface area (Å²) >= 11 is 1.33. The number of thiazole rings is 1. The monoisotopic (exact) mass is 285 g/mol. The minimum absolute atomic E-state index is 0.0984. The molecule has 2 heterocycles. The van der Waals surface area contributed by atoms with Crippen LogP contribution in [0.5, 0.6) is 5.75 Å². The standard InChI is InChI=1S/C13H11N5OS/c14-13-17-12-9(19)6-8(7-10(12)20-13)2-1-4-15-11-3-5-16-18-11/h3,5-7,19H,4H2,(H2,14,17)(H2,15,16,18). The molecule has 0 unspecified atom stereocenters. The van der Waals surface area contributed by atoms with E-state index in [0.29, 0.717) is 17.2 Å². The highest BCUT2D eigenvalue weighted by Crippen LogP contribution is 2.31. The molecule has 0 fully saturated rings. The lowest BCUT2D eigenvalue weighted by Gasteiger charge is -1.96. The zero-order chi connectivity index (χ0) is 13.9. The molecule has 7 heteroatoms. The Bertz CT molecular complexity index is 797. The van der Waals surface area contributed by atoms with Gasteiger partial charge in [0, 0.05) is 5.56 Å². The largest absolute Gasteiger partial charge is 0.506 e. The van der Waals surface area contributed by atoms with Crippen molar-refractivity contribution < 1.29 is 5.11 Å². The van der Waals surface area contributed by atoms with E-state index >= 15 is 0 Å². The molecule has 0 aliphatic rings. The second-order valence-electron chi connectivity index (χ2n) is 4.02. The number of nitrogens with zero attached hydrogens (tertiary/aromatic N) is 2. The summed E-state index contributed by atoms with van der Waals surface area (Å²) in [7, 11) is 0. The lowest BCUT2D eigenvalue weighted by Crippen LogP contribution is -1.98. The van der Waals surface area contributed by atoms with Crippen molar-refractivity contribution in [2.75, 3.05) is 17.6 Å². The molecule has 100 valence electrons. The van der Waals surface area contributed by atoms with Crippen molar-refractivity contribution in [2.45, 2.75) is 0 Å². The van der Waals surface area contributed by atoms with E-state index in [0.717, 1.165) is 16.1 Å². The van der Waals surface area contributed by atoms with Gasteiger partial charge in [-0.2, -0.15) is 5.10 Å². The fourth-order valence-electron chi connectivity index (χ4n) is 1.74. The Morgan fingerprint density at radius 1 is 1.45 bits per heavy atom. The van der Waals surface area contributed by atoms with Crippen LogP contribution in [0.4, 0.5) is 10.9 Å². The number of nitrogens with two attached hydrogens (primary N) is 1. The summed E-state index contributed by atoms with van der Waals surface area (Å²) in [6, 6.07) is 5.27. The molecule has 1 aromatic carbocycles. The number of hydrogen-bond acceptors (Lipinski definition) is 6. The molecule has 3 rings (SSSR count). The number of rotatable bonds is 2. The Morgan fingerprint density at radius 2 is 2.35 bits per heavy atom. The first kappa shape index (κ1) is 12.3. The smallest absolute Gasteiger partial charge is 0.181 e. The van der Waals surface area contributed by atoms with Gasteiger partial charge in [-0.3, -0.25) is 5.10 Å². The highest BCUT2D eigenvalue weighted by atomic mass is 32.1. The number of hydrogen-bond donors (Lipinski definition) is 4. The van der Waals surface area contributed by atoms with Crippen molar-refractivity contribution in [1.82, 2.24) is 15.2 Å². The Kier molecular flexibility index (Phi) is 3.15. The Hall–Kier alpha value is -2.72. The molecule has 0 amide bonds. The lowest BCUT2D eigenvalue weighted by molar-refractivity contribution is 0.480. The summed E-state index contributed by atoms with van der Waals surface area (Å²) < 4.78 is 0.827. The first-order chi connectivity index (χ1) is 9.72. The number of aromatic amines is 1. The van der Waals surface area contributed by atoms with Crippen LogP contribution in [0.2, 0.25) is 0 Å². The number of nitrogens with one attached hydrogen (secondary N) is 2. The normalized spacial score (nSPS) is 10.2. The third-order valence-corrected chi connectivity index (χ3v) is 3.42. The molecule has 6 nitrogen and oxygen atoms in total. The van der Waals surface area contributed by atoms with Gasteiger partial charge in [-0.1, -0.05) is 23.2 Å². The van der Waals surface area contributed by atoms with Crippen LogP contribution in [0.25, 0.3) is 10.2 Å². The van der Waals surface area contributed by atoms with Gasteiger partial charge in [-0.25, -0.2) is 4.98 Å².